The minimum absolute atomic E-state index is 0.115. The molecule has 1 aromatic heterocycles. The maximum absolute atomic E-state index is 10.2. The van der Waals surface area contributed by atoms with Gasteiger partial charge in [-0.15, -0.1) is 0 Å². The van der Waals surface area contributed by atoms with Crippen molar-refractivity contribution < 1.29 is 5.11 Å². The topological polar surface area (TPSA) is 71.2 Å². The van der Waals surface area contributed by atoms with E-state index in [9.17, 15) is 5.11 Å². The second-order valence-electron chi connectivity index (χ2n) is 5.58. The smallest absolute Gasteiger partial charge is 0.0741 e. The van der Waals surface area contributed by atoms with Crippen LogP contribution in [-0.2, 0) is 0 Å². The van der Waals surface area contributed by atoms with Crippen molar-refractivity contribution in [2.75, 3.05) is 11.1 Å². The summed E-state index contributed by atoms with van der Waals surface area (Å²) < 4.78 is 0. The van der Waals surface area contributed by atoms with E-state index in [0.717, 1.165) is 41.4 Å². The van der Waals surface area contributed by atoms with Crippen molar-refractivity contribution in [3.05, 3.63) is 30.6 Å². The zero-order valence-corrected chi connectivity index (χ0v) is 11.5. The molecule has 1 aliphatic rings. The molecule has 0 radical (unpaired) electrons. The molecular weight excluding hydrogens is 250 g/mol. The van der Waals surface area contributed by atoms with Crippen LogP contribution in [0.5, 0.6) is 0 Å². The van der Waals surface area contributed by atoms with Crippen molar-refractivity contribution in [1.29, 1.82) is 0 Å². The monoisotopic (exact) mass is 271 g/mol. The highest BCUT2D eigenvalue weighted by Gasteiger charge is 2.21. The average Bonchev–Trinajstić information content (AvgIpc) is 2.67. The van der Waals surface area contributed by atoms with E-state index in [1.165, 1.54) is 12.8 Å². The summed E-state index contributed by atoms with van der Waals surface area (Å²) in [6, 6.07) is 5.94. The molecule has 0 amide bonds. The number of rotatable bonds is 2. The number of pyridine rings is 1. The number of aliphatic hydroxyl groups excluding tert-OH is 1. The molecule has 0 bridgehead atoms. The summed E-state index contributed by atoms with van der Waals surface area (Å²) >= 11 is 0. The van der Waals surface area contributed by atoms with E-state index < -0.39 is 0 Å². The van der Waals surface area contributed by atoms with Gasteiger partial charge in [0.25, 0.3) is 0 Å². The quantitative estimate of drug-likeness (QED) is 0.580. The van der Waals surface area contributed by atoms with Gasteiger partial charge in [-0.3, -0.25) is 4.98 Å². The number of nitrogen functional groups attached to an aromatic ring is 1. The number of nitrogens with zero attached hydrogens (tertiary/aromatic N) is 1. The number of hydrogen-bond acceptors (Lipinski definition) is 4. The summed E-state index contributed by atoms with van der Waals surface area (Å²) in [6.07, 6.45) is 8.68. The van der Waals surface area contributed by atoms with Crippen LogP contribution in [0.2, 0.25) is 0 Å². The van der Waals surface area contributed by atoms with Crippen molar-refractivity contribution in [3.63, 3.8) is 0 Å². The van der Waals surface area contributed by atoms with E-state index in [0.29, 0.717) is 0 Å². The van der Waals surface area contributed by atoms with Crippen molar-refractivity contribution in [1.82, 2.24) is 4.98 Å². The number of anilines is 2. The summed E-state index contributed by atoms with van der Waals surface area (Å²) in [7, 11) is 0. The van der Waals surface area contributed by atoms with Gasteiger partial charge in [0.15, 0.2) is 0 Å². The Morgan fingerprint density at radius 2 is 1.95 bits per heavy atom. The largest absolute Gasteiger partial charge is 0.398 e. The fourth-order valence-corrected chi connectivity index (χ4v) is 3.00. The summed E-state index contributed by atoms with van der Waals surface area (Å²) in [5, 5.41) is 15.8. The van der Waals surface area contributed by atoms with Crippen LogP contribution >= 0.6 is 0 Å². The van der Waals surface area contributed by atoms with E-state index in [2.05, 4.69) is 10.3 Å². The number of aromatic nitrogens is 1. The number of nitrogens with two attached hydrogens (primary N) is 1. The maximum atomic E-state index is 10.2. The van der Waals surface area contributed by atoms with E-state index in [1.807, 2.05) is 24.4 Å². The summed E-state index contributed by atoms with van der Waals surface area (Å²) in [5.74, 6) is 0. The number of fused-ring (bicyclic) bond motifs is 1. The Morgan fingerprint density at radius 1 is 1.10 bits per heavy atom. The molecule has 0 spiro atoms. The van der Waals surface area contributed by atoms with Crippen molar-refractivity contribution in [2.45, 2.75) is 44.2 Å². The molecule has 0 saturated heterocycles. The zero-order chi connectivity index (χ0) is 13.9. The summed E-state index contributed by atoms with van der Waals surface area (Å²) in [6.45, 7) is 0. The van der Waals surface area contributed by atoms with E-state index in [-0.39, 0.29) is 12.1 Å². The standard InChI is InChI=1S/C16H21N3O/c17-13-6-7-14(12-10-18-9-8-11(12)13)19-15-4-2-1-3-5-16(15)20/h6-10,15-16,19-20H,1-5,17H2. The Hall–Kier alpha value is -1.81. The molecule has 0 aliphatic heterocycles. The molecule has 4 heteroatoms. The lowest BCUT2D eigenvalue weighted by molar-refractivity contribution is 0.144. The first-order valence-electron chi connectivity index (χ1n) is 7.32. The van der Waals surface area contributed by atoms with Crippen LogP contribution in [0.25, 0.3) is 10.8 Å². The van der Waals surface area contributed by atoms with Gasteiger partial charge >= 0.3 is 0 Å². The third-order valence-electron chi connectivity index (χ3n) is 4.17. The molecular formula is C16H21N3O. The zero-order valence-electron chi connectivity index (χ0n) is 11.5. The highest BCUT2D eigenvalue weighted by atomic mass is 16.3. The highest BCUT2D eigenvalue weighted by molar-refractivity contribution is 6.00. The lowest BCUT2D eigenvalue weighted by Gasteiger charge is -2.24. The SMILES string of the molecule is Nc1ccc(NC2CCCCCC2O)c2cnccc12. The number of aliphatic hydroxyl groups is 1. The first kappa shape index (κ1) is 13.2. The van der Waals surface area contributed by atoms with Crippen molar-refractivity contribution in [2.24, 2.45) is 0 Å². The number of benzene rings is 1. The van der Waals surface area contributed by atoms with Gasteiger partial charge < -0.3 is 16.2 Å². The molecule has 1 fully saturated rings. The molecule has 2 unspecified atom stereocenters. The van der Waals surface area contributed by atoms with Crippen LogP contribution in [0.4, 0.5) is 11.4 Å². The van der Waals surface area contributed by atoms with Gasteiger partial charge in [-0.05, 0) is 31.0 Å². The molecule has 3 rings (SSSR count). The van der Waals surface area contributed by atoms with E-state index >= 15 is 0 Å². The predicted octanol–water partition coefficient (Wildman–Crippen LogP) is 2.92. The van der Waals surface area contributed by atoms with Crippen LogP contribution in [0.3, 0.4) is 0 Å². The third kappa shape index (κ3) is 2.56. The molecule has 1 aliphatic carbocycles. The second-order valence-corrected chi connectivity index (χ2v) is 5.58. The summed E-state index contributed by atoms with van der Waals surface area (Å²) in [5.41, 5.74) is 7.77. The molecule has 1 saturated carbocycles. The first-order chi connectivity index (χ1) is 9.75. The molecule has 20 heavy (non-hydrogen) atoms. The van der Waals surface area contributed by atoms with Gasteiger partial charge in [-0.2, -0.15) is 0 Å². The lowest BCUT2D eigenvalue weighted by atomic mass is 10.0. The molecule has 4 nitrogen and oxygen atoms in total. The van der Waals surface area contributed by atoms with E-state index in [4.69, 9.17) is 5.73 Å². The third-order valence-corrected chi connectivity index (χ3v) is 4.17. The van der Waals surface area contributed by atoms with Crippen LogP contribution in [0.1, 0.15) is 32.1 Å². The molecule has 2 aromatic rings. The van der Waals surface area contributed by atoms with Crippen LogP contribution in [0, 0.1) is 0 Å². The van der Waals surface area contributed by atoms with E-state index in [1.54, 1.807) is 6.20 Å². The normalized spacial score (nSPS) is 23.4. The number of hydrogen-bond donors (Lipinski definition) is 3. The summed E-state index contributed by atoms with van der Waals surface area (Å²) in [4.78, 5) is 4.19. The molecule has 1 heterocycles. The maximum Gasteiger partial charge on any atom is 0.0741 e. The van der Waals surface area contributed by atoms with Gasteiger partial charge in [0.05, 0.1) is 12.1 Å². The highest BCUT2D eigenvalue weighted by Crippen LogP contribution is 2.30. The Bertz CT molecular complexity index is 599. The molecule has 2 atom stereocenters. The Kier molecular flexibility index (Phi) is 3.74. The predicted molar refractivity (Wildman–Crippen MR) is 82.7 cm³/mol. The molecule has 4 N–H and O–H groups in total. The number of nitrogens with one attached hydrogen (secondary N) is 1. The Morgan fingerprint density at radius 3 is 2.85 bits per heavy atom. The van der Waals surface area contributed by atoms with Gasteiger partial charge in [0.2, 0.25) is 0 Å². The molecule has 106 valence electrons. The van der Waals surface area contributed by atoms with Gasteiger partial charge in [-0.1, -0.05) is 19.3 Å². The van der Waals surface area contributed by atoms with Gasteiger partial charge in [0, 0.05) is 34.5 Å². The van der Waals surface area contributed by atoms with Gasteiger partial charge in [-0.25, -0.2) is 0 Å². The first-order valence-corrected chi connectivity index (χ1v) is 7.32. The second kappa shape index (κ2) is 5.67. The average molecular weight is 271 g/mol. The fraction of sp³-hybridized carbons (Fsp3) is 0.438. The van der Waals surface area contributed by atoms with Crippen molar-refractivity contribution >= 4 is 22.1 Å². The molecule has 1 aromatic carbocycles. The lowest BCUT2D eigenvalue weighted by Crippen LogP contribution is -2.32. The van der Waals surface area contributed by atoms with Crippen LogP contribution < -0.4 is 11.1 Å². The minimum atomic E-state index is -0.276. The fourth-order valence-electron chi connectivity index (χ4n) is 3.00. The Balaban J connectivity index is 1.92. The van der Waals surface area contributed by atoms with Crippen LogP contribution in [0.15, 0.2) is 30.6 Å². The van der Waals surface area contributed by atoms with Crippen molar-refractivity contribution in [3.8, 4) is 0 Å². The van der Waals surface area contributed by atoms with Crippen LogP contribution in [-0.4, -0.2) is 22.2 Å². The van der Waals surface area contributed by atoms with Gasteiger partial charge in [0.1, 0.15) is 0 Å². The Labute approximate surface area is 119 Å². The minimum Gasteiger partial charge on any atom is -0.398 e.